The van der Waals surface area contributed by atoms with Crippen molar-refractivity contribution in [2.45, 2.75) is 51.7 Å². The lowest BCUT2D eigenvalue weighted by Gasteiger charge is -2.23. The van der Waals surface area contributed by atoms with E-state index in [-0.39, 0.29) is 18.6 Å². The van der Waals surface area contributed by atoms with Crippen molar-refractivity contribution in [1.82, 2.24) is 5.32 Å². The van der Waals surface area contributed by atoms with E-state index < -0.39 is 6.10 Å². The van der Waals surface area contributed by atoms with E-state index in [4.69, 9.17) is 4.74 Å². The highest BCUT2D eigenvalue weighted by Gasteiger charge is 2.21. The molecule has 2 atom stereocenters. The summed E-state index contributed by atoms with van der Waals surface area (Å²) in [6.07, 6.45) is 3.14. The molecule has 1 aromatic carbocycles. The number of benzene rings is 1. The topological polar surface area (TPSA) is 58.6 Å². The first-order valence-electron chi connectivity index (χ1n) is 7.33. The molecule has 1 aliphatic carbocycles. The standard InChI is InChI=1S/C16H23NO3/c1-3-11(2)17-16(19)10-20-15-9-5-6-12-13(15)7-4-8-14(12)18/h5-6,9,11,14,18H,3-4,7-8,10H2,1-2H3,(H,17,19). The summed E-state index contributed by atoms with van der Waals surface area (Å²) in [4.78, 5) is 11.7. The van der Waals surface area contributed by atoms with E-state index in [1.54, 1.807) is 0 Å². The zero-order valence-corrected chi connectivity index (χ0v) is 12.2. The summed E-state index contributed by atoms with van der Waals surface area (Å²) in [5.41, 5.74) is 1.98. The van der Waals surface area contributed by atoms with Gasteiger partial charge in [-0.2, -0.15) is 0 Å². The van der Waals surface area contributed by atoms with Crippen LogP contribution >= 0.6 is 0 Å². The second kappa shape index (κ2) is 6.75. The molecule has 0 spiro atoms. The fourth-order valence-electron chi connectivity index (χ4n) is 2.49. The lowest BCUT2D eigenvalue weighted by molar-refractivity contribution is -0.123. The number of carbonyl (C=O) groups is 1. The van der Waals surface area contributed by atoms with E-state index >= 15 is 0 Å². The van der Waals surface area contributed by atoms with Crippen LogP contribution in [0, 0.1) is 0 Å². The van der Waals surface area contributed by atoms with Gasteiger partial charge in [0.15, 0.2) is 6.61 Å². The van der Waals surface area contributed by atoms with Crippen LogP contribution in [0.15, 0.2) is 18.2 Å². The predicted molar refractivity (Wildman–Crippen MR) is 77.7 cm³/mol. The van der Waals surface area contributed by atoms with Crippen molar-refractivity contribution < 1.29 is 14.6 Å². The van der Waals surface area contributed by atoms with Crippen LogP contribution in [0.1, 0.15) is 50.3 Å². The Morgan fingerprint density at radius 3 is 3.10 bits per heavy atom. The highest BCUT2D eigenvalue weighted by molar-refractivity contribution is 5.77. The molecule has 0 heterocycles. The maximum atomic E-state index is 11.7. The van der Waals surface area contributed by atoms with Gasteiger partial charge in [-0.05, 0) is 49.8 Å². The summed E-state index contributed by atoms with van der Waals surface area (Å²) in [5, 5.41) is 12.9. The Hall–Kier alpha value is -1.55. The quantitative estimate of drug-likeness (QED) is 0.868. The number of nitrogens with one attached hydrogen (secondary N) is 1. The molecule has 1 aliphatic rings. The van der Waals surface area contributed by atoms with Crippen LogP contribution in [0.3, 0.4) is 0 Å². The molecule has 2 N–H and O–H groups in total. The molecule has 0 aliphatic heterocycles. The van der Waals surface area contributed by atoms with Crippen LogP contribution in [0.25, 0.3) is 0 Å². The molecule has 2 rings (SSSR count). The van der Waals surface area contributed by atoms with Crippen molar-refractivity contribution in [1.29, 1.82) is 0 Å². The molecule has 0 bridgehead atoms. The van der Waals surface area contributed by atoms with Gasteiger partial charge in [0, 0.05) is 6.04 Å². The van der Waals surface area contributed by atoms with Gasteiger partial charge in [-0.15, -0.1) is 0 Å². The number of hydrogen-bond acceptors (Lipinski definition) is 3. The van der Waals surface area contributed by atoms with Gasteiger partial charge in [-0.1, -0.05) is 19.1 Å². The van der Waals surface area contributed by atoms with Gasteiger partial charge in [0.2, 0.25) is 0 Å². The van der Waals surface area contributed by atoms with Crippen LogP contribution in [0.5, 0.6) is 5.75 Å². The fraction of sp³-hybridized carbons (Fsp3) is 0.562. The summed E-state index contributed by atoms with van der Waals surface area (Å²) in [6.45, 7) is 4.02. The fourth-order valence-corrected chi connectivity index (χ4v) is 2.49. The van der Waals surface area contributed by atoms with Crippen molar-refractivity contribution in [3.8, 4) is 5.75 Å². The summed E-state index contributed by atoms with van der Waals surface area (Å²) in [6, 6.07) is 5.84. The van der Waals surface area contributed by atoms with Gasteiger partial charge in [0.05, 0.1) is 6.10 Å². The lowest BCUT2D eigenvalue weighted by Crippen LogP contribution is -2.35. The second-order valence-electron chi connectivity index (χ2n) is 5.40. The van der Waals surface area contributed by atoms with Crippen molar-refractivity contribution in [3.05, 3.63) is 29.3 Å². The van der Waals surface area contributed by atoms with Gasteiger partial charge in [0.1, 0.15) is 5.75 Å². The molecule has 0 saturated carbocycles. The number of hydrogen-bond donors (Lipinski definition) is 2. The van der Waals surface area contributed by atoms with Crippen molar-refractivity contribution in [2.24, 2.45) is 0 Å². The molecule has 4 heteroatoms. The average Bonchev–Trinajstić information content (AvgIpc) is 2.45. The third-order valence-electron chi connectivity index (χ3n) is 3.81. The Balaban J connectivity index is 2.00. The number of carbonyl (C=O) groups excluding carboxylic acids is 1. The van der Waals surface area contributed by atoms with Crippen LogP contribution in [-0.4, -0.2) is 23.7 Å². The number of rotatable bonds is 5. The van der Waals surface area contributed by atoms with Crippen LogP contribution < -0.4 is 10.1 Å². The molecule has 0 saturated heterocycles. The molecular formula is C16H23NO3. The van der Waals surface area contributed by atoms with Crippen molar-refractivity contribution in [2.75, 3.05) is 6.61 Å². The number of aliphatic hydroxyl groups is 1. The van der Waals surface area contributed by atoms with Crippen molar-refractivity contribution in [3.63, 3.8) is 0 Å². The minimum absolute atomic E-state index is 0.0247. The molecule has 1 amide bonds. The van der Waals surface area contributed by atoms with Gasteiger partial charge >= 0.3 is 0 Å². The lowest BCUT2D eigenvalue weighted by atomic mass is 9.89. The van der Waals surface area contributed by atoms with E-state index in [1.165, 1.54) is 0 Å². The number of fused-ring (bicyclic) bond motifs is 1. The minimum atomic E-state index is -0.406. The molecule has 4 nitrogen and oxygen atoms in total. The molecule has 0 radical (unpaired) electrons. The Morgan fingerprint density at radius 1 is 1.55 bits per heavy atom. The zero-order valence-electron chi connectivity index (χ0n) is 12.2. The third kappa shape index (κ3) is 3.51. The highest BCUT2D eigenvalue weighted by atomic mass is 16.5. The molecule has 2 unspecified atom stereocenters. The third-order valence-corrected chi connectivity index (χ3v) is 3.81. The summed E-state index contributed by atoms with van der Waals surface area (Å²) < 4.78 is 5.64. The van der Waals surface area contributed by atoms with E-state index in [2.05, 4.69) is 5.32 Å². The van der Waals surface area contributed by atoms with Crippen LogP contribution in [0.4, 0.5) is 0 Å². The van der Waals surface area contributed by atoms with E-state index in [9.17, 15) is 9.90 Å². The maximum Gasteiger partial charge on any atom is 0.258 e. The largest absolute Gasteiger partial charge is 0.483 e. The number of aliphatic hydroxyl groups excluding tert-OH is 1. The highest BCUT2D eigenvalue weighted by Crippen LogP contribution is 2.35. The van der Waals surface area contributed by atoms with E-state index in [0.29, 0.717) is 0 Å². The Morgan fingerprint density at radius 2 is 2.35 bits per heavy atom. The molecule has 0 fully saturated rings. The molecule has 1 aromatic rings. The Kier molecular flexibility index (Phi) is 5.01. The molecule has 110 valence electrons. The number of ether oxygens (including phenoxy) is 1. The van der Waals surface area contributed by atoms with Gasteiger partial charge in [-0.25, -0.2) is 0 Å². The Bertz CT molecular complexity index is 473. The summed E-state index contributed by atoms with van der Waals surface area (Å²) in [5.74, 6) is 0.619. The van der Waals surface area contributed by atoms with Crippen LogP contribution in [-0.2, 0) is 11.2 Å². The predicted octanol–water partition coefficient (Wildman–Crippen LogP) is 2.35. The zero-order chi connectivity index (χ0) is 14.5. The smallest absolute Gasteiger partial charge is 0.258 e. The summed E-state index contributed by atoms with van der Waals surface area (Å²) in [7, 11) is 0. The monoisotopic (exact) mass is 277 g/mol. The van der Waals surface area contributed by atoms with Gasteiger partial charge in [-0.3, -0.25) is 4.79 Å². The Labute approximate surface area is 120 Å². The van der Waals surface area contributed by atoms with Crippen LogP contribution in [0.2, 0.25) is 0 Å². The van der Waals surface area contributed by atoms with E-state index in [1.807, 2.05) is 32.0 Å². The maximum absolute atomic E-state index is 11.7. The second-order valence-corrected chi connectivity index (χ2v) is 5.40. The van der Waals surface area contributed by atoms with Crippen molar-refractivity contribution >= 4 is 5.91 Å². The minimum Gasteiger partial charge on any atom is -0.483 e. The molecule has 0 aromatic heterocycles. The number of amides is 1. The normalized spacial score (nSPS) is 19.1. The van der Waals surface area contributed by atoms with Gasteiger partial charge in [0.25, 0.3) is 5.91 Å². The molecular weight excluding hydrogens is 254 g/mol. The first kappa shape index (κ1) is 14.9. The summed E-state index contributed by atoms with van der Waals surface area (Å²) >= 11 is 0. The average molecular weight is 277 g/mol. The SMILES string of the molecule is CCC(C)NC(=O)COc1cccc2c1CCCC2O. The first-order valence-corrected chi connectivity index (χ1v) is 7.33. The van der Waals surface area contributed by atoms with E-state index in [0.717, 1.165) is 42.6 Å². The van der Waals surface area contributed by atoms with Gasteiger partial charge < -0.3 is 15.2 Å². The molecule has 20 heavy (non-hydrogen) atoms. The first-order chi connectivity index (χ1) is 9.61.